The van der Waals surface area contributed by atoms with Gasteiger partial charge in [0.1, 0.15) is 5.82 Å². The summed E-state index contributed by atoms with van der Waals surface area (Å²) in [5.41, 5.74) is 4.10. The van der Waals surface area contributed by atoms with Crippen LogP contribution in [0.3, 0.4) is 0 Å². The number of aromatic nitrogens is 2. The van der Waals surface area contributed by atoms with Crippen LogP contribution in [0.2, 0.25) is 5.02 Å². The van der Waals surface area contributed by atoms with Crippen molar-refractivity contribution in [2.45, 2.75) is 0 Å². The Morgan fingerprint density at radius 2 is 1.68 bits per heavy atom. The predicted molar refractivity (Wildman–Crippen MR) is 153 cm³/mol. The summed E-state index contributed by atoms with van der Waals surface area (Å²) in [5, 5.41) is 10.8. The molecule has 1 aliphatic heterocycles. The number of para-hydroxylation sites is 2. The van der Waals surface area contributed by atoms with Crippen LogP contribution in [0.4, 0.5) is 34.5 Å². The van der Waals surface area contributed by atoms with Gasteiger partial charge < -0.3 is 25.8 Å². The molecule has 1 saturated heterocycles. The molecule has 8 nitrogen and oxygen atoms in total. The number of benzene rings is 3. The summed E-state index contributed by atoms with van der Waals surface area (Å²) in [5.74, 6) is 0.703. The van der Waals surface area contributed by atoms with Crippen molar-refractivity contribution in [2.75, 3.05) is 54.1 Å². The number of anilines is 6. The zero-order chi connectivity index (χ0) is 25.8. The molecule has 1 aliphatic rings. The Hall–Kier alpha value is -4.14. The lowest BCUT2D eigenvalue weighted by atomic mass is 10.2. The number of amides is 1. The third-order valence-corrected chi connectivity index (χ3v) is 6.51. The summed E-state index contributed by atoms with van der Waals surface area (Å²) >= 11 is 6.30. The summed E-state index contributed by atoms with van der Waals surface area (Å²) < 4.78 is 0. The van der Waals surface area contributed by atoms with Crippen LogP contribution >= 0.6 is 11.6 Å². The number of hydrogen-bond donors (Lipinski definition) is 3. The molecule has 3 N–H and O–H groups in total. The Morgan fingerprint density at radius 3 is 2.41 bits per heavy atom. The average Bonchev–Trinajstić information content (AvgIpc) is 2.91. The van der Waals surface area contributed by atoms with Gasteiger partial charge in [-0.1, -0.05) is 30.3 Å². The maximum Gasteiger partial charge on any atom is 0.247 e. The van der Waals surface area contributed by atoms with Gasteiger partial charge in [0.2, 0.25) is 11.9 Å². The molecule has 0 spiro atoms. The lowest BCUT2D eigenvalue weighted by molar-refractivity contribution is -0.111. The van der Waals surface area contributed by atoms with Gasteiger partial charge in [0, 0.05) is 48.0 Å². The van der Waals surface area contributed by atoms with Crippen LogP contribution in [-0.4, -0.2) is 54.0 Å². The molecule has 0 radical (unpaired) electrons. The number of piperazine rings is 1. The van der Waals surface area contributed by atoms with Gasteiger partial charge in [0.05, 0.1) is 16.9 Å². The molecule has 2 heterocycles. The molecule has 0 atom stereocenters. The zero-order valence-electron chi connectivity index (χ0n) is 20.5. The van der Waals surface area contributed by atoms with Gasteiger partial charge in [-0.2, -0.15) is 4.98 Å². The number of nitrogens with zero attached hydrogens (tertiary/aromatic N) is 4. The lowest BCUT2D eigenvalue weighted by Gasteiger charge is -2.34. The second-order valence-corrected chi connectivity index (χ2v) is 9.32. The summed E-state index contributed by atoms with van der Waals surface area (Å²) in [6.45, 7) is 7.68. The number of carbonyl (C=O) groups is 1. The number of carbonyl (C=O) groups excluding carboxylic acids is 1. The van der Waals surface area contributed by atoms with Gasteiger partial charge >= 0.3 is 0 Å². The summed E-state index contributed by atoms with van der Waals surface area (Å²) in [7, 11) is 2.15. The number of halogens is 1. The topological polar surface area (TPSA) is 85.4 Å². The molecule has 37 heavy (non-hydrogen) atoms. The largest absolute Gasteiger partial charge is 0.369 e. The Bertz CT molecular complexity index is 1430. The Labute approximate surface area is 221 Å². The van der Waals surface area contributed by atoms with Crippen LogP contribution in [0.1, 0.15) is 0 Å². The van der Waals surface area contributed by atoms with Crippen molar-refractivity contribution in [3.8, 4) is 0 Å². The van der Waals surface area contributed by atoms with E-state index in [1.807, 2.05) is 42.5 Å². The first-order valence-corrected chi connectivity index (χ1v) is 12.4. The van der Waals surface area contributed by atoms with Gasteiger partial charge in [-0.15, -0.1) is 0 Å². The molecule has 9 heteroatoms. The van der Waals surface area contributed by atoms with Gasteiger partial charge in [-0.3, -0.25) is 4.79 Å². The van der Waals surface area contributed by atoms with E-state index < -0.39 is 0 Å². The minimum atomic E-state index is -0.299. The van der Waals surface area contributed by atoms with Crippen LogP contribution in [0, 0.1) is 0 Å². The van der Waals surface area contributed by atoms with Crippen molar-refractivity contribution in [3.63, 3.8) is 0 Å². The Morgan fingerprint density at radius 1 is 0.946 bits per heavy atom. The van der Waals surface area contributed by atoms with E-state index in [2.05, 4.69) is 51.5 Å². The summed E-state index contributed by atoms with van der Waals surface area (Å²) in [6.07, 6.45) is 1.23. The third kappa shape index (κ3) is 5.82. The minimum Gasteiger partial charge on any atom is -0.369 e. The van der Waals surface area contributed by atoms with E-state index in [-0.39, 0.29) is 5.91 Å². The molecule has 3 aromatic carbocycles. The fourth-order valence-corrected chi connectivity index (χ4v) is 4.39. The second-order valence-electron chi connectivity index (χ2n) is 8.88. The standard InChI is InChI=1S/C28H28ClN7O/c1-3-26(37)31-24-6-4-5-7-25(24)32-27-22-18-19(29)8-13-23(22)33-28(34-27)30-20-9-11-21(12-10-20)36-16-14-35(2)15-17-36/h3-13,18H,1,14-17H2,2H3,(H,31,37)(H2,30,32,33,34). The fourth-order valence-electron chi connectivity index (χ4n) is 4.21. The average molecular weight is 514 g/mol. The van der Waals surface area contributed by atoms with Crippen molar-refractivity contribution >= 4 is 62.9 Å². The molecule has 4 aromatic rings. The molecule has 0 aliphatic carbocycles. The van der Waals surface area contributed by atoms with Gasteiger partial charge in [0.15, 0.2) is 0 Å². The van der Waals surface area contributed by atoms with Crippen molar-refractivity contribution in [3.05, 3.63) is 84.4 Å². The van der Waals surface area contributed by atoms with E-state index in [1.54, 1.807) is 12.1 Å². The van der Waals surface area contributed by atoms with Gasteiger partial charge in [0.25, 0.3) is 0 Å². The first-order chi connectivity index (χ1) is 18.0. The van der Waals surface area contributed by atoms with E-state index in [0.717, 1.165) is 42.8 Å². The van der Waals surface area contributed by atoms with Gasteiger partial charge in [-0.25, -0.2) is 4.98 Å². The first-order valence-electron chi connectivity index (χ1n) is 12.1. The SMILES string of the molecule is C=CC(=O)Nc1ccccc1Nc1nc(Nc2ccc(N3CCN(C)CC3)cc2)nc2ccc(Cl)cc12. The van der Waals surface area contributed by atoms with Crippen LogP contribution in [0.25, 0.3) is 10.9 Å². The highest BCUT2D eigenvalue weighted by Gasteiger charge is 2.15. The molecule has 0 unspecified atom stereocenters. The number of rotatable bonds is 7. The van der Waals surface area contributed by atoms with E-state index in [1.165, 1.54) is 11.8 Å². The molecule has 5 rings (SSSR count). The molecule has 188 valence electrons. The van der Waals surface area contributed by atoms with E-state index in [0.29, 0.717) is 28.2 Å². The molecular weight excluding hydrogens is 486 g/mol. The normalized spacial score (nSPS) is 13.8. The highest BCUT2D eigenvalue weighted by atomic mass is 35.5. The highest BCUT2D eigenvalue weighted by molar-refractivity contribution is 6.31. The fraction of sp³-hybridized carbons (Fsp3) is 0.179. The maximum absolute atomic E-state index is 11.9. The number of nitrogens with one attached hydrogen (secondary N) is 3. The molecule has 0 saturated carbocycles. The highest BCUT2D eigenvalue weighted by Crippen LogP contribution is 2.31. The van der Waals surface area contributed by atoms with Crippen LogP contribution in [0.5, 0.6) is 0 Å². The van der Waals surface area contributed by atoms with Crippen LogP contribution in [0.15, 0.2) is 79.4 Å². The zero-order valence-corrected chi connectivity index (χ0v) is 21.3. The van der Waals surface area contributed by atoms with Crippen molar-refractivity contribution in [2.24, 2.45) is 0 Å². The molecule has 1 aromatic heterocycles. The van der Waals surface area contributed by atoms with Gasteiger partial charge in [-0.05, 0) is 67.7 Å². The van der Waals surface area contributed by atoms with Crippen LogP contribution < -0.4 is 20.9 Å². The quantitative estimate of drug-likeness (QED) is 0.275. The molecule has 0 bridgehead atoms. The Kier molecular flexibility index (Phi) is 7.20. The molecule has 1 amide bonds. The Balaban J connectivity index is 1.43. The summed E-state index contributed by atoms with van der Waals surface area (Å²) in [4.78, 5) is 26.1. The van der Waals surface area contributed by atoms with E-state index in [9.17, 15) is 4.79 Å². The first kappa shape index (κ1) is 24.5. The monoisotopic (exact) mass is 513 g/mol. The summed E-state index contributed by atoms with van der Waals surface area (Å²) in [6, 6.07) is 21.2. The predicted octanol–water partition coefficient (Wildman–Crippen LogP) is 5.65. The third-order valence-electron chi connectivity index (χ3n) is 6.27. The van der Waals surface area contributed by atoms with E-state index >= 15 is 0 Å². The maximum atomic E-state index is 11.9. The smallest absolute Gasteiger partial charge is 0.247 e. The number of fused-ring (bicyclic) bond motifs is 1. The van der Waals surface area contributed by atoms with Crippen molar-refractivity contribution < 1.29 is 4.79 Å². The van der Waals surface area contributed by atoms with Crippen LogP contribution in [-0.2, 0) is 4.79 Å². The van der Waals surface area contributed by atoms with Crippen molar-refractivity contribution in [1.82, 2.24) is 14.9 Å². The molecule has 1 fully saturated rings. The lowest BCUT2D eigenvalue weighted by Crippen LogP contribution is -2.44. The second kappa shape index (κ2) is 10.9. The molecular formula is C28H28ClN7O. The minimum absolute atomic E-state index is 0.299. The number of likely N-dealkylation sites (N-methyl/N-ethyl adjacent to an activating group) is 1. The van der Waals surface area contributed by atoms with E-state index in [4.69, 9.17) is 21.6 Å². The van der Waals surface area contributed by atoms with Crippen molar-refractivity contribution in [1.29, 1.82) is 0 Å². The number of hydrogen-bond acceptors (Lipinski definition) is 7.